The number of hydrogen-bond donors (Lipinski definition) is 0. The van der Waals surface area contributed by atoms with Crippen LogP contribution in [0.15, 0.2) is 115 Å². The van der Waals surface area contributed by atoms with Crippen LogP contribution in [0.25, 0.3) is 11.1 Å². The van der Waals surface area contributed by atoms with Gasteiger partial charge in [-0.15, -0.1) is 0 Å². The third kappa shape index (κ3) is 2.63. The van der Waals surface area contributed by atoms with Gasteiger partial charge in [0.1, 0.15) is 0 Å². The molecule has 176 valence electrons. The standard InChI is InChI=1S/C33H23NO2Si/c35-33-24-18-17-23(21-22(24)19-20-36-33)34-27-11-3-7-15-31(27)37(32-16-8-4-12-28(32)34)29-13-5-1-9-25(29)26-10-2-6-14-30(26)37/h1-18,21H,19-20H2. The normalized spacial score (nSPS) is 15.8. The summed E-state index contributed by atoms with van der Waals surface area (Å²) in [6.45, 7) is 0.437. The summed E-state index contributed by atoms with van der Waals surface area (Å²) in [5, 5.41) is 5.74. The Morgan fingerprint density at radius 2 is 1.14 bits per heavy atom. The zero-order valence-corrected chi connectivity index (χ0v) is 21.1. The molecule has 0 radical (unpaired) electrons. The molecule has 0 aromatic heterocycles. The summed E-state index contributed by atoms with van der Waals surface area (Å²) < 4.78 is 5.29. The van der Waals surface area contributed by atoms with Crippen molar-refractivity contribution < 1.29 is 9.53 Å². The van der Waals surface area contributed by atoms with Crippen molar-refractivity contribution in [2.75, 3.05) is 11.5 Å². The first-order chi connectivity index (χ1) is 18.3. The van der Waals surface area contributed by atoms with Gasteiger partial charge in [0, 0.05) is 23.5 Å². The molecular formula is C33H23NO2Si. The number of carbonyl (C=O) groups excluding carboxylic acids is 1. The van der Waals surface area contributed by atoms with E-state index in [1.165, 1.54) is 43.2 Å². The highest BCUT2D eigenvalue weighted by Gasteiger charge is 2.53. The van der Waals surface area contributed by atoms with E-state index < -0.39 is 8.07 Å². The number of rotatable bonds is 1. The zero-order chi connectivity index (χ0) is 24.6. The van der Waals surface area contributed by atoms with Gasteiger partial charge in [0.05, 0.1) is 12.2 Å². The van der Waals surface area contributed by atoms with E-state index in [0.717, 1.165) is 17.7 Å². The number of cyclic esters (lactones) is 1. The molecule has 0 saturated heterocycles. The fraction of sp³-hybridized carbons (Fsp3) is 0.0606. The van der Waals surface area contributed by atoms with Crippen LogP contribution in [0, 0.1) is 0 Å². The van der Waals surface area contributed by atoms with Gasteiger partial charge >= 0.3 is 5.97 Å². The van der Waals surface area contributed by atoms with E-state index in [9.17, 15) is 4.79 Å². The van der Waals surface area contributed by atoms with Gasteiger partial charge in [0.25, 0.3) is 0 Å². The molecule has 0 atom stereocenters. The average Bonchev–Trinajstić information content (AvgIpc) is 3.25. The quantitative estimate of drug-likeness (QED) is 0.248. The maximum absolute atomic E-state index is 12.3. The number of benzene rings is 5. The SMILES string of the molecule is O=C1OCCc2cc(N3c4ccccc4[Si]4(c5ccccc5-c5ccccc54)c4ccccc43)ccc21. The maximum Gasteiger partial charge on any atom is 0.338 e. The van der Waals surface area contributed by atoms with Crippen LogP contribution < -0.4 is 25.6 Å². The van der Waals surface area contributed by atoms with Crippen LogP contribution in [0.5, 0.6) is 0 Å². The predicted molar refractivity (Wildman–Crippen MR) is 151 cm³/mol. The Morgan fingerprint density at radius 1 is 0.595 bits per heavy atom. The second kappa shape index (κ2) is 7.54. The lowest BCUT2D eigenvalue weighted by atomic mass is 10.0. The third-order valence-electron chi connectivity index (χ3n) is 8.22. The van der Waals surface area contributed by atoms with Gasteiger partial charge in [-0.2, -0.15) is 0 Å². The molecule has 0 unspecified atom stereocenters. The van der Waals surface area contributed by atoms with Crippen molar-refractivity contribution in [1.82, 2.24) is 0 Å². The van der Waals surface area contributed by atoms with Crippen molar-refractivity contribution in [3.05, 3.63) is 126 Å². The smallest absolute Gasteiger partial charge is 0.338 e. The van der Waals surface area contributed by atoms with Crippen molar-refractivity contribution >= 4 is 51.9 Å². The van der Waals surface area contributed by atoms with Gasteiger partial charge < -0.3 is 9.64 Å². The molecule has 1 spiro atoms. The average molecular weight is 494 g/mol. The van der Waals surface area contributed by atoms with Gasteiger partial charge in [-0.1, -0.05) is 84.9 Å². The third-order valence-corrected chi connectivity index (χ3v) is 13.2. The lowest BCUT2D eigenvalue weighted by Crippen LogP contribution is -2.75. The number of hydrogen-bond acceptors (Lipinski definition) is 3. The molecule has 3 nitrogen and oxygen atoms in total. The molecule has 0 amide bonds. The van der Waals surface area contributed by atoms with E-state index in [-0.39, 0.29) is 5.97 Å². The highest BCUT2D eigenvalue weighted by molar-refractivity contribution is 7.23. The van der Waals surface area contributed by atoms with Gasteiger partial charge in [-0.25, -0.2) is 4.79 Å². The molecule has 0 N–H and O–H groups in total. The summed E-state index contributed by atoms with van der Waals surface area (Å²) >= 11 is 0. The van der Waals surface area contributed by atoms with E-state index in [4.69, 9.17) is 4.74 Å². The molecule has 3 heterocycles. The second-order valence-corrected chi connectivity index (χ2v) is 13.6. The van der Waals surface area contributed by atoms with Crippen molar-refractivity contribution in [3.63, 3.8) is 0 Å². The second-order valence-electron chi connectivity index (χ2n) is 9.94. The van der Waals surface area contributed by atoms with Crippen LogP contribution in [-0.4, -0.2) is 20.7 Å². The Hall–Kier alpha value is -4.41. The minimum Gasteiger partial charge on any atom is -0.462 e. The molecule has 5 aromatic rings. The van der Waals surface area contributed by atoms with Crippen LogP contribution in [0.2, 0.25) is 0 Å². The molecule has 37 heavy (non-hydrogen) atoms. The first-order valence-corrected chi connectivity index (χ1v) is 14.8. The van der Waals surface area contributed by atoms with Crippen molar-refractivity contribution in [2.24, 2.45) is 0 Å². The fourth-order valence-corrected chi connectivity index (χ4v) is 12.3. The fourth-order valence-electron chi connectivity index (χ4n) is 6.80. The Morgan fingerprint density at radius 3 is 1.76 bits per heavy atom. The number of esters is 1. The van der Waals surface area contributed by atoms with Gasteiger partial charge in [-0.05, 0) is 67.8 Å². The van der Waals surface area contributed by atoms with Crippen molar-refractivity contribution in [1.29, 1.82) is 0 Å². The van der Waals surface area contributed by atoms with Crippen LogP contribution in [0.1, 0.15) is 15.9 Å². The Bertz CT molecular complexity index is 1660. The first kappa shape index (κ1) is 20.7. The molecule has 0 bridgehead atoms. The van der Waals surface area contributed by atoms with Gasteiger partial charge in [0.15, 0.2) is 8.07 Å². The molecule has 3 aliphatic rings. The molecule has 0 fully saturated rings. The molecule has 3 aliphatic heterocycles. The number of nitrogens with zero attached hydrogens (tertiary/aromatic N) is 1. The number of ether oxygens (including phenoxy) is 1. The van der Waals surface area contributed by atoms with Crippen LogP contribution in [-0.2, 0) is 11.2 Å². The summed E-state index contributed by atoms with van der Waals surface area (Å²) in [6.07, 6.45) is 0.742. The summed E-state index contributed by atoms with van der Waals surface area (Å²) in [5.41, 5.74) is 7.97. The van der Waals surface area contributed by atoms with E-state index in [1.807, 2.05) is 6.07 Å². The Balaban J connectivity index is 1.46. The van der Waals surface area contributed by atoms with E-state index in [0.29, 0.717) is 12.2 Å². The minimum atomic E-state index is -2.53. The monoisotopic (exact) mass is 493 g/mol. The van der Waals surface area contributed by atoms with E-state index >= 15 is 0 Å². The van der Waals surface area contributed by atoms with Crippen LogP contribution in [0.3, 0.4) is 0 Å². The Labute approximate surface area is 216 Å². The van der Waals surface area contributed by atoms with E-state index in [2.05, 4.69) is 114 Å². The summed E-state index contributed by atoms with van der Waals surface area (Å²) in [5.74, 6) is -0.224. The minimum absolute atomic E-state index is 0.224. The lowest BCUT2D eigenvalue weighted by Gasteiger charge is -2.43. The molecule has 8 rings (SSSR count). The van der Waals surface area contributed by atoms with Crippen molar-refractivity contribution in [3.8, 4) is 11.1 Å². The highest BCUT2D eigenvalue weighted by atomic mass is 28.3. The first-order valence-electron chi connectivity index (χ1n) is 12.8. The van der Waals surface area contributed by atoms with Gasteiger partial charge in [0.2, 0.25) is 0 Å². The molecular weight excluding hydrogens is 470 g/mol. The topological polar surface area (TPSA) is 29.5 Å². The molecule has 0 aliphatic carbocycles. The number of fused-ring (bicyclic) bond motifs is 10. The summed E-state index contributed by atoms with van der Waals surface area (Å²) in [4.78, 5) is 14.7. The van der Waals surface area contributed by atoms with Crippen LogP contribution >= 0.6 is 0 Å². The lowest BCUT2D eigenvalue weighted by molar-refractivity contribution is 0.0480. The number of carbonyl (C=O) groups is 1. The summed E-state index contributed by atoms with van der Waals surface area (Å²) in [7, 11) is -2.53. The Kier molecular flexibility index (Phi) is 4.23. The summed E-state index contributed by atoms with van der Waals surface area (Å²) in [6, 6.07) is 42.0. The molecule has 5 aromatic carbocycles. The largest absolute Gasteiger partial charge is 0.462 e. The van der Waals surface area contributed by atoms with Gasteiger partial charge in [-0.3, -0.25) is 0 Å². The molecule has 4 heteroatoms. The zero-order valence-electron chi connectivity index (χ0n) is 20.1. The number of para-hydroxylation sites is 2. The predicted octanol–water partition coefficient (Wildman–Crippen LogP) is 4.54. The van der Waals surface area contributed by atoms with Crippen LogP contribution in [0.4, 0.5) is 17.1 Å². The van der Waals surface area contributed by atoms with E-state index in [1.54, 1.807) is 0 Å². The highest BCUT2D eigenvalue weighted by Crippen LogP contribution is 2.41. The maximum atomic E-state index is 12.3. The van der Waals surface area contributed by atoms with Crippen molar-refractivity contribution in [2.45, 2.75) is 6.42 Å². The number of anilines is 3. The molecule has 0 saturated carbocycles.